The van der Waals surface area contributed by atoms with E-state index in [-0.39, 0.29) is 74.3 Å². The van der Waals surface area contributed by atoms with Crippen molar-refractivity contribution in [2.45, 2.75) is 160 Å². The quantitative estimate of drug-likeness (QED) is 0.0217. The van der Waals surface area contributed by atoms with Gasteiger partial charge in [0.2, 0.25) is 0 Å². The van der Waals surface area contributed by atoms with Gasteiger partial charge in [0.05, 0.1) is 111 Å². The first-order chi connectivity index (χ1) is 67.4. The minimum atomic E-state index is -0.338. The van der Waals surface area contributed by atoms with Crippen molar-refractivity contribution in [2.75, 3.05) is 42.7 Å². The smallest absolute Gasteiger partial charge is 0.305 e. The normalized spacial score (nSPS) is 13.4. The minimum absolute atomic E-state index is 0.137. The number of H-pyrrole nitrogens is 6. The van der Waals surface area contributed by atoms with Crippen LogP contribution in [0.25, 0.3) is 163 Å². The van der Waals surface area contributed by atoms with Gasteiger partial charge in [0.15, 0.2) is 0 Å². The average Bonchev–Trinajstić information content (AvgIpc) is 1.65. The Morgan fingerprint density at radius 2 is 0.471 bits per heavy atom. The molecule has 0 fully saturated rings. The summed E-state index contributed by atoms with van der Waals surface area (Å²) in [5, 5.41) is 0. The van der Waals surface area contributed by atoms with Crippen LogP contribution < -0.4 is 0 Å². The molecular formula is C116H114N12O12. The van der Waals surface area contributed by atoms with Crippen LogP contribution in [0.3, 0.4) is 0 Å². The summed E-state index contributed by atoms with van der Waals surface area (Å²) in [4.78, 5) is 131. The number of nitrogens with zero attached hydrogens (tertiary/aromatic N) is 6. The number of methoxy groups -OCH3 is 6. The second-order valence-electron chi connectivity index (χ2n) is 36.4. The number of ether oxygens (including phenoxy) is 6. The molecule has 6 aliphatic rings. The second kappa shape index (κ2) is 40.7. The Morgan fingerprint density at radius 1 is 0.236 bits per heavy atom. The van der Waals surface area contributed by atoms with Crippen molar-refractivity contribution in [2.24, 2.45) is 0 Å². The van der Waals surface area contributed by atoms with E-state index in [1.54, 1.807) is 0 Å². The van der Waals surface area contributed by atoms with Crippen LogP contribution in [0.4, 0.5) is 0 Å². The van der Waals surface area contributed by atoms with Crippen LogP contribution in [0.5, 0.6) is 0 Å². The second-order valence-corrected chi connectivity index (χ2v) is 36.4. The summed E-state index contributed by atoms with van der Waals surface area (Å²) in [6.07, 6.45) is 20.4. The lowest BCUT2D eigenvalue weighted by Crippen LogP contribution is -2.02. The van der Waals surface area contributed by atoms with Crippen LogP contribution in [0.1, 0.15) is 246 Å². The van der Waals surface area contributed by atoms with Crippen molar-refractivity contribution in [3.8, 4) is 0 Å². The molecule has 15 heterocycles. The molecule has 24 heteroatoms. The first-order valence-corrected chi connectivity index (χ1v) is 47.2. The summed E-state index contributed by atoms with van der Waals surface area (Å²) in [5.41, 5.74) is 43.8. The van der Waals surface area contributed by atoms with Crippen LogP contribution in [0.15, 0.2) is 152 Å². The van der Waals surface area contributed by atoms with Gasteiger partial charge in [-0.25, -0.2) is 29.9 Å². The fraction of sp³-hybridized carbons (Fsp3) is 0.259. The predicted octanol–water partition coefficient (Wildman–Crippen LogP) is 24.5. The molecule has 0 spiro atoms. The largest absolute Gasteiger partial charge is 0.469 e. The van der Waals surface area contributed by atoms with Crippen molar-refractivity contribution in [3.05, 3.63) is 298 Å². The van der Waals surface area contributed by atoms with Crippen molar-refractivity contribution in [1.29, 1.82) is 0 Å². The number of esters is 6. The van der Waals surface area contributed by atoms with E-state index in [2.05, 4.69) is 256 Å². The van der Waals surface area contributed by atoms with Gasteiger partial charge in [0.1, 0.15) is 0 Å². The highest BCUT2D eigenvalue weighted by Gasteiger charge is 2.28. The van der Waals surface area contributed by atoms with E-state index in [0.717, 1.165) is 268 Å². The standard InChI is InChI=1S/C116H114N12O12/c1-61-47-77-49-91-63(3)79(101(119-91)54-98-70(10)86(38-44-114(132)138-16)108(126-98)58-105-83(35-41-111(129)135-13)67(7)93(121-105)51-89(61)117-77)31-27-73-19-23-75(24-20-73)29-33-81-65(5)95-53-96-69(9)85(37-43-113(131)137-15)107(124-96)60-110-88(40-46-116(134)140-18)72(12)100(128-110)57-104-82(66(6)97(125-104)56-103(81)123-95)34-30-76-25-21-74(22-26-76)28-32-80-64(4)92-50-78-48-62(2)90(118-78)52-94-68(8)84(36-42-112(130)136-14)106(122-94)59-109-87(39-45-115(133)139-17)71(11)99(127-109)55-102(80)120-92/h19-34,47-60,117-118,123,126-128H,35-46H2,1-18H3/b31-27+,32-28+,33-29+,34-30+,77-49?,78-50?,89-51?,90-52?,91-49?,92-50?,93-51?,94-52?,95-53?,96-53?,97-56?,98-54?,99-55?,100-57?,101-54?,102-55?,103-56?,104-57?,105-58?,106-59?,107-60?,108-58?,109-59?,110-60?. The molecule has 0 amide bonds. The molecule has 0 atom stereocenters. The minimum Gasteiger partial charge on any atom is -0.469 e. The maximum atomic E-state index is 13.0. The number of aromatic nitrogens is 12. The lowest BCUT2D eigenvalue weighted by atomic mass is 10.00. The molecule has 6 N–H and O–H groups in total. The maximum absolute atomic E-state index is 13.0. The molecule has 140 heavy (non-hydrogen) atoms. The van der Waals surface area contributed by atoms with Gasteiger partial charge >= 0.3 is 35.8 Å². The van der Waals surface area contributed by atoms with E-state index < -0.39 is 0 Å². The molecule has 0 aliphatic carbocycles. The van der Waals surface area contributed by atoms with Gasteiger partial charge in [-0.1, -0.05) is 97.1 Å². The lowest BCUT2D eigenvalue weighted by molar-refractivity contribution is -0.141. The van der Waals surface area contributed by atoms with Gasteiger partial charge in [-0.05, 0) is 329 Å². The highest BCUT2D eigenvalue weighted by atomic mass is 16.5. The van der Waals surface area contributed by atoms with Gasteiger partial charge in [-0.3, -0.25) is 28.8 Å². The van der Waals surface area contributed by atoms with Crippen LogP contribution >= 0.6 is 0 Å². The molecule has 9 aromatic heterocycles. The third-order valence-electron chi connectivity index (χ3n) is 27.8. The Morgan fingerprint density at radius 3 is 0.779 bits per heavy atom. The number of fused-ring (bicyclic) bond motifs is 24. The zero-order chi connectivity index (χ0) is 98.8. The van der Waals surface area contributed by atoms with Crippen LogP contribution in [0, 0.1) is 41.5 Å². The Bertz CT molecular complexity index is 7940. The Kier molecular flexibility index (Phi) is 27.9. The third-order valence-corrected chi connectivity index (χ3v) is 27.8. The van der Waals surface area contributed by atoms with E-state index in [9.17, 15) is 28.8 Å². The molecule has 0 unspecified atom stereocenters. The molecule has 24 bridgehead atoms. The fourth-order valence-electron chi connectivity index (χ4n) is 19.2. The van der Waals surface area contributed by atoms with Crippen LogP contribution in [-0.4, -0.2) is 138 Å². The van der Waals surface area contributed by atoms with Gasteiger partial charge in [0.25, 0.3) is 0 Å². The number of carbonyl (C=O) groups is 6. The highest BCUT2D eigenvalue weighted by molar-refractivity contribution is 6.04. The van der Waals surface area contributed by atoms with Gasteiger partial charge in [0, 0.05) is 127 Å². The zero-order valence-corrected chi connectivity index (χ0v) is 82.4. The van der Waals surface area contributed by atoms with Crippen LogP contribution in [0.2, 0.25) is 0 Å². The zero-order valence-electron chi connectivity index (χ0n) is 82.4. The molecule has 2 aromatic carbocycles. The monoisotopic (exact) mass is 1870 g/mol. The molecular weight excluding hydrogens is 1750 g/mol. The number of hydrogen-bond donors (Lipinski definition) is 6. The molecule has 6 aliphatic heterocycles. The van der Waals surface area contributed by atoms with E-state index in [1.807, 2.05) is 39.0 Å². The molecule has 11 aromatic rings. The average molecular weight is 1870 g/mol. The van der Waals surface area contributed by atoms with Crippen molar-refractivity contribution < 1.29 is 57.2 Å². The Labute approximate surface area is 812 Å². The number of allylic oxidation sites excluding steroid dienone is 15. The summed E-state index contributed by atoms with van der Waals surface area (Å²) < 4.78 is 30.9. The Hall–Kier alpha value is -16.0. The molecule has 0 saturated heterocycles. The molecule has 710 valence electrons. The number of rotatable bonds is 26. The van der Waals surface area contributed by atoms with E-state index in [1.165, 1.54) is 42.7 Å². The van der Waals surface area contributed by atoms with Gasteiger partial charge in [-0.2, -0.15) is 0 Å². The van der Waals surface area contributed by atoms with E-state index >= 15 is 0 Å². The van der Waals surface area contributed by atoms with Gasteiger partial charge in [-0.15, -0.1) is 0 Å². The first kappa shape index (κ1) is 95.7. The molecule has 17 rings (SSSR count). The topological polar surface area (TPSA) is 330 Å². The first-order valence-electron chi connectivity index (χ1n) is 47.2. The summed E-state index contributed by atoms with van der Waals surface area (Å²) in [7, 11) is 8.39. The molecule has 0 radical (unpaired) electrons. The summed E-state index contributed by atoms with van der Waals surface area (Å²) >= 11 is 0. The summed E-state index contributed by atoms with van der Waals surface area (Å²) in [6, 6.07) is 45.9. The SMILES string of the molecule is COC(=O)CCC1=C(C)c2cc3[nH]c(cc4nc(cc5[nH]c(cc1n2)c(CCC(=O)OC)c5C)C(/C=C/c1ccc(/C=C/C2=C(C)c5cc6[nH]c(cc7nc(cc8[nH]c(cc2n5)c(C)c8CCC(=O)OC)C(CCC(=O)OC)=C7C)c(C)c6/C=C/c2ccc(/C=C/C5=C(C)c6cc7cc(C)c(cc8nc(cc9[nH]c(cc5n6)c(C)c9CCC(=O)OC)C(CCC(=O)OC)=C8C)[nH]7)cc2)cc1)=C4C)cc3C. The van der Waals surface area contributed by atoms with Crippen molar-refractivity contribution >= 4 is 199 Å². The van der Waals surface area contributed by atoms with Crippen molar-refractivity contribution in [1.82, 2.24) is 59.8 Å². The van der Waals surface area contributed by atoms with E-state index in [0.29, 0.717) is 49.9 Å². The number of aryl methyl sites for hydroxylation is 9. The fourth-order valence-corrected chi connectivity index (χ4v) is 19.2. The molecule has 0 saturated carbocycles. The lowest BCUT2D eigenvalue weighted by Gasteiger charge is -2.04. The van der Waals surface area contributed by atoms with Crippen molar-refractivity contribution in [3.63, 3.8) is 0 Å². The third kappa shape index (κ3) is 20.1. The molecule has 24 nitrogen and oxygen atoms in total. The summed E-state index contributed by atoms with van der Waals surface area (Å²) in [6.45, 7) is 24.8. The number of nitrogens with one attached hydrogen (secondary N) is 6. The number of aromatic amines is 6. The number of hydrogen-bond acceptors (Lipinski definition) is 18. The number of carbonyl (C=O) groups excluding carboxylic acids is 6. The number of benzene rings is 2. The predicted molar refractivity (Wildman–Crippen MR) is 560 cm³/mol. The summed E-state index contributed by atoms with van der Waals surface area (Å²) in [5.74, 6) is -1.94. The maximum Gasteiger partial charge on any atom is 0.305 e. The van der Waals surface area contributed by atoms with Gasteiger partial charge < -0.3 is 58.3 Å². The van der Waals surface area contributed by atoms with E-state index in [4.69, 9.17) is 58.3 Å². The van der Waals surface area contributed by atoms with Crippen LogP contribution in [-0.2, 0) is 76.5 Å². The Balaban J connectivity index is 0.728. The highest BCUT2D eigenvalue weighted by Crippen LogP contribution is 2.43.